The van der Waals surface area contributed by atoms with E-state index in [1.165, 1.54) is 18.4 Å². The van der Waals surface area contributed by atoms with Gasteiger partial charge in [-0.25, -0.2) is 12.7 Å². The quantitative estimate of drug-likeness (QED) is 0.586. The lowest BCUT2D eigenvalue weighted by Gasteiger charge is -2.12. The van der Waals surface area contributed by atoms with Crippen molar-refractivity contribution in [2.45, 2.75) is 30.9 Å². The standard InChI is InChI=1S/C20H25N3O3S/c1-12(2)15-6-5-7-16-17(19(20(21)24)22-18(15)16)13-8-10-14(11-9-13)27(25,26)23(3)4/h5-12,20,22,24H,21H2,1-4H3. The Balaban J connectivity index is 2.22. The van der Waals surface area contributed by atoms with E-state index in [9.17, 15) is 13.5 Å². The zero-order valence-electron chi connectivity index (χ0n) is 15.9. The largest absolute Gasteiger partial charge is 0.373 e. The summed E-state index contributed by atoms with van der Waals surface area (Å²) in [5.41, 5.74) is 9.97. The van der Waals surface area contributed by atoms with Crippen molar-refractivity contribution in [3.63, 3.8) is 0 Å². The van der Waals surface area contributed by atoms with Crippen LogP contribution in [0.15, 0.2) is 47.4 Å². The first-order valence-electron chi connectivity index (χ1n) is 8.75. The number of rotatable bonds is 5. The van der Waals surface area contributed by atoms with Crippen molar-refractivity contribution in [2.75, 3.05) is 14.1 Å². The van der Waals surface area contributed by atoms with Crippen molar-refractivity contribution in [3.8, 4) is 11.1 Å². The lowest BCUT2D eigenvalue weighted by molar-refractivity contribution is 0.183. The van der Waals surface area contributed by atoms with Crippen LogP contribution in [0.2, 0.25) is 0 Å². The Morgan fingerprint density at radius 1 is 1.07 bits per heavy atom. The monoisotopic (exact) mass is 387 g/mol. The van der Waals surface area contributed by atoms with Gasteiger partial charge in [-0.05, 0) is 29.2 Å². The van der Waals surface area contributed by atoms with Crippen molar-refractivity contribution >= 4 is 20.9 Å². The molecule has 1 atom stereocenters. The van der Waals surface area contributed by atoms with Crippen LogP contribution in [0.5, 0.6) is 0 Å². The molecule has 1 unspecified atom stereocenters. The van der Waals surface area contributed by atoms with Crippen molar-refractivity contribution < 1.29 is 13.5 Å². The fourth-order valence-corrected chi connectivity index (χ4v) is 4.18. The van der Waals surface area contributed by atoms with Gasteiger partial charge in [-0.2, -0.15) is 0 Å². The fraction of sp³-hybridized carbons (Fsp3) is 0.300. The van der Waals surface area contributed by atoms with E-state index in [4.69, 9.17) is 5.73 Å². The predicted molar refractivity (Wildman–Crippen MR) is 108 cm³/mol. The first kappa shape index (κ1) is 19.6. The molecule has 0 radical (unpaired) electrons. The van der Waals surface area contributed by atoms with Gasteiger partial charge in [-0.15, -0.1) is 0 Å². The maximum Gasteiger partial charge on any atom is 0.242 e. The number of sulfonamides is 1. The number of benzene rings is 2. The number of nitrogens with one attached hydrogen (secondary N) is 1. The highest BCUT2D eigenvalue weighted by Crippen LogP contribution is 2.37. The number of fused-ring (bicyclic) bond motifs is 1. The van der Waals surface area contributed by atoms with Crippen molar-refractivity contribution in [1.29, 1.82) is 0 Å². The molecule has 3 aromatic rings. The van der Waals surface area contributed by atoms with Crippen LogP contribution in [0.25, 0.3) is 22.0 Å². The highest BCUT2D eigenvalue weighted by molar-refractivity contribution is 7.89. The molecule has 1 heterocycles. The van der Waals surface area contributed by atoms with E-state index >= 15 is 0 Å². The first-order chi connectivity index (χ1) is 12.6. The summed E-state index contributed by atoms with van der Waals surface area (Å²) in [4.78, 5) is 3.49. The second-order valence-corrected chi connectivity index (χ2v) is 9.25. The minimum atomic E-state index is -3.50. The maximum atomic E-state index is 12.3. The predicted octanol–water partition coefficient (Wildman–Crippen LogP) is 3.16. The lowest BCUT2D eigenvalue weighted by Crippen LogP contribution is -2.22. The summed E-state index contributed by atoms with van der Waals surface area (Å²) in [6.07, 6.45) is -1.17. The number of para-hydroxylation sites is 1. The molecule has 6 nitrogen and oxygen atoms in total. The van der Waals surface area contributed by atoms with Gasteiger partial charge in [0.05, 0.1) is 10.6 Å². The minimum absolute atomic E-state index is 0.216. The molecule has 0 amide bonds. The summed E-state index contributed by atoms with van der Waals surface area (Å²) in [5, 5.41) is 11.0. The van der Waals surface area contributed by atoms with Crippen LogP contribution in [-0.2, 0) is 10.0 Å². The number of nitrogens with two attached hydrogens (primary N) is 1. The van der Waals surface area contributed by atoms with Gasteiger partial charge in [-0.1, -0.05) is 44.2 Å². The number of aliphatic hydroxyl groups is 1. The molecule has 27 heavy (non-hydrogen) atoms. The Hall–Kier alpha value is -2.19. The van der Waals surface area contributed by atoms with Crippen molar-refractivity contribution in [1.82, 2.24) is 9.29 Å². The van der Waals surface area contributed by atoms with E-state index in [2.05, 4.69) is 18.8 Å². The molecule has 0 bridgehead atoms. The van der Waals surface area contributed by atoms with Crippen LogP contribution in [0, 0.1) is 0 Å². The molecule has 2 aromatic carbocycles. The van der Waals surface area contributed by atoms with Gasteiger partial charge in [0, 0.05) is 30.6 Å². The number of aliphatic hydroxyl groups excluding tert-OH is 1. The van der Waals surface area contributed by atoms with Gasteiger partial charge in [0.2, 0.25) is 10.0 Å². The molecule has 1 aromatic heterocycles. The van der Waals surface area contributed by atoms with E-state index in [0.29, 0.717) is 11.6 Å². The number of aromatic amines is 1. The van der Waals surface area contributed by atoms with Crippen LogP contribution in [0.1, 0.15) is 37.3 Å². The van der Waals surface area contributed by atoms with Crippen LogP contribution in [0.3, 0.4) is 0 Å². The molecule has 4 N–H and O–H groups in total. The third kappa shape index (κ3) is 3.39. The number of hydrogen-bond acceptors (Lipinski definition) is 4. The highest BCUT2D eigenvalue weighted by Gasteiger charge is 2.21. The zero-order chi connectivity index (χ0) is 19.9. The number of H-pyrrole nitrogens is 1. The van der Waals surface area contributed by atoms with E-state index in [0.717, 1.165) is 27.6 Å². The molecule has 3 rings (SSSR count). The Kier molecular flexibility index (Phi) is 5.14. The third-order valence-corrected chi connectivity index (χ3v) is 6.56. The van der Waals surface area contributed by atoms with E-state index in [-0.39, 0.29) is 4.90 Å². The zero-order valence-corrected chi connectivity index (χ0v) is 16.7. The molecule has 0 aliphatic rings. The second kappa shape index (κ2) is 7.09. The van der Waals surface area contributed by atoms with Crippen LogP contribution in [0.4, 0.5) is 0 Å². The van der Waals surface area contributed by atoms with Gasteiger partial charge in [0.15, 0.2) is 0 Å². The first-order valence-corrected chi connectivity index (χ1v) is 10.2. The van der Waals surface area contributed by atoms with Crippen molar-refractivity contribution in [3.05, 3.63) is 53.7 Å². The molecule has 0 aliphatic carbocycles. The maximum absolute atomic E-state index is 12.3. The van der Waals surface area contributed by atoms with Gasteiger partial charge >= 0.3 is 0 Å². The van der Waals surface area contributed by atoms with Crippen LogP contribution in [-0.4, -0.2) is 36.9 Å². The van der Waals surface area contributed by atoms with Crippen molar-refractivity contribution in [2.24, 2.45) is 5.73 Å². The molecule has 7 heteroatoms. The van der Waals surface area contributed by atoms with E-state index in [1.807, 2.05) is 18.2 Å². The molecular formula is C20H25N3O3S. The smallest absolute Gasteiger partial charge is 0.242 e. The molecule has 0 spiro atoms. The van der Waals surface area contributed by atoms with Crippen LogP contribution >= 0.6 is 0 Å². The second-order valence-electron chi connectivity index (χ2n) is 7.09. The molecule has 0 fully saturated rings. The topological polar surface area (TPSA) is 99.4 Å². The normalized spacial score (nSPS) is 13.6. The summed E-state index contributed by atoms with van der Waals surface area (Å²) in [6.45, 7) is 4.21. The van der Waals surface area contributed by atoms with E-state index < -0.39 is 16.3 Å². The average Bonchev–Trinajstić information content (AvgIpc) is 3.01. The molecule has 0 saturated carbocycles. The van der Waals surface area contributed by atoms with Gasteiger partial charge < -0.3 is 15.8 Å². The van der Waals surface area contributed by atoms with Crippen LogP contribution < -0.4 is 5.73 Å². The Labute approximate surface area is 159 Å². The molecule has 0 aliphatic heterocycles. The summed E-state index contributed by atoms with van der Waals surface area (Å²) >= 11 is 0. The number of hydrogen-bond donors (Lipinski definition) is 3. The van der Waals surface area contributed by atoms with E-state index in [1.54, 1.807) is 24.3 Å². The fourth-order valence-electron chi connectivity index (χ4n) is 3.28. The summed E-state index contributed by atoms with van der Waals surface area (Å²) < 4.78 is 25.8. The summed E-state index contributed by atoms with van der Waals surface area (Å²) in [5.74, 6) is 0.301. The minimum Gasteiger partial charge on any atom is -0.373 e. The molecular weight excluding hydrogens is 362 g/mol. The Morgan fingerprint density at radius 3 is 2.22 bits per heavy atom. The van der Waals surface area contributed by atoms with Gasteiger partial charge in [0.25, 0.3) is 0 Å². The Bertz CT molecular complexity index is 1070. The number of aromatic nitrogens is 1. The average molecular weight is 388 g/mol. The molecule has 144 valence electrons. The third-order valence-electron chi connectivity index (χ3n) is 4.73. The molecule has 0 saturated heterocycles. The summed E-state index contributed by atoms with van der Waals surface area (Å²) in [6, 6.07) is 12.6. The SMILES string of the molecule is CC(C)c1cccc2c(-c3ccc(S(=O)(=O)N(C)C)cc3)c(C(N)O)[nH]c12. The van der Waals surface area contributed by atoms with Gasteiger partial charge in [0.1, 0.15) is 6.23 Å². The van der Waals surface area contributed by atoms with Gasteiger partial charge in [-0.3, -0.25) is 0 Å². The lowest BCUT2D eigenvalue weighted by atomic mass is 9.96. The highest BCUT2D eigenvalue weighted by atomic mass is 32.2. The summed E-state index contributed by atoms with van der Waals surface area (Å²) in [7, 11) is -0.499. The number of nitrogens with zero attached hydrogens (tertiary/aromatic N) is 1. The Morgan fingerprint density at radius 2 is 1.70 bits per heavy atom.